The van der Waals surface area contributed by atoms with Gasteiger partial charge in [0.05, 0.1) is 11.7 Å². The third kappa shape index (κ3) is 4.42. The van der Waals surface area contributed by atoms with Crippen LogP contribution in [0.3, 0.4) is 0 Å². The van der Waals surface area contributed by atoms with Gasteiger partial charge in [0.2, 0.25) is 0 Å². The zero-order valence-electron chi connectivity index (χ0n) is 11.5. The van der Waals surface area contributed by atoms with Gasteiger partial charge in [0.1, 0.15) is 0 Å². The van der Waals surface area contributed by atoms with Crippen molar-refractivity contribution in [1.29, 1.82) is 0 Å². The lowest BCUT2D eigenvalue weighted by Gasteiger charge is -2.39. The Morgan fingerprint density at radius 2 is 2.00 bits per heavy atom. The average molecular weight is 228 g/mol. The summed E-state index contributed by atoms with van der Waals surface area (Å²) >= 11 is 0. The second kappa shape index (κ2) is 5.05. The monoisotopic (exact) mass is 228 g/mol. The molecule has 0 aromatic carbocycles. The maximum atomic E-state index is 10.6. The van der Waals surface area contributed by atoms with E-state index in [0.29, 0.717) is 17.9 Å². The van der Waals surface area contributed by atoms with E-state index in [1.165, 1.54) is 0 Å². The highest BCUT2D eigenvalue weighted by molar-refractivity contribution is 4.87. The summed E-state index contributed by atoms with van der Waals surface area (Å²) < 4.78 is 5.71. The summed E-state index contributed by atoms with van der Waals surface area (Å²) in [6.45, 7) is 11.7. The standard InChI is InChI=1S/C14H28O2/c1-11(2)12-10-14(15,8-9-16-12)7-6-13(3,4)5/h11-12,15H,6-10H2,1-5H3. The molecule has 0 spiro atoms. The number of hydrogen-bond donors (Lipinski definition) is 1. The molecule has 2 unspecified atom stereocenters. The molecule has 1 N–H and O–H groups in total. The van der Waals surface area contributed by atoms with E-state index in [2.05, 4.69) is 34.6 Å². The van der Waals surface area contributed by atoms with Crippen molar-refractivity contribution in [2.75, 3.05) is 6.61 Å². The number of ether oxygens (including phenoxy) is 1. The maximum Gasteiger partial charge on any atom is 0.0694 e. The van der Waals surface area contributed by atoms with Crippen molar-refractivity contribution in [3.8, 4) is 0 Å². The van der Waals surface area contributed by atoms with E-state index >= 15 is 0 Å². The van der Waals surface area contributed by atoms with Gasteiger partial charge in [-0.3, -0.25) is 0 Å². The Bertz CT molecular complexity index is 217. The summed E-state index contributed by atoms with van der Waals surface area (Å²) in [7, 11) is 0. The minimum atomic E-state index is -0.486. The third-order valence-electron chi connectivity index (χ3n) is 3.56. The van der Waals surface area contributed by atoms with Gasteiger partial charge in [-0.25, -0.2) is 0 Å². The van der Waals surface area contributed by atoms with E-state index in [9.17, 15) is 5.11 Å². The Hall–Kier alpha value is -0.0800. The van der Waals surface area contributed by atoms with Crippen LogP contribution in [0.4, 0.5) is 0 Å². The van der Waals surface area contributed by atoms with Crippen molar-refractivity contribution >= 4 is 0 Å². The van der Waals surface area contributed by atoms with Crippen LogP contribution in [0.5, 0.6) is 0 Å². The number of rotatable bonds is 3. The number of hydrogen-bond acceptors (Lipinski definition) is 2. The van der Waals surface area contributed by atoms with Crippen molar-refractivity contribution in [2.45, 2.75) is 72.0 Å². The Labute approximate surface area is 100 Å². The topological polar surface area (TPSA) is 29.5 Å². The largest absolute Gasteiger partial charge is 0.390 e. The molecular weight excluding hydrogens is 200 g/mol. The van der Waals surface area contributed by atoms with Crippen molar-refractivity contribution < 1.29 is 9.84 Å². The van der Waals surface area contributed by atoms with Crippen LogP contribution in [0.2, 0.25) is 0 Å². The summed E-state index contributed by atoms with van der Waals surface area (Å²) in [6.07, 6.45) is 3.82. The van der Waals surface area contributed by atoms with E-state index in [1.807, 2.05) is 0 Å². The number of aliphatic hydroxyl groups is 1. The van der Waals surface area contributed by atoms with Gasteiger partial charge in [-0.15, -0.1) is 0 Å². The van der Waals surface area contributed by atoms with Crippen molar-refractivity contribution in [3.05, 3.63) is 0 Å². The highest BCUT2D eigenvalue weighted by Gasteiger charge is 2.36. The molecule has 0 amide bonds. The molecule has 16 heavy (non-hydrogen) atoms. The molecule has 1 fully saturated rings. The van der Waals surface area contributed by atoms with Crippen LogP contribution in [-0.2, 0) is 4.74 Å². The summed E-state index contributed by atoms with van der Waals surface area (Å²) in [4.78, 5) is 0. The first kappa shape index (κ1) is 14.0. The van der Waals surface area contributed by atoms with Crippen LogP contribution in [0, 0.1) is 11.3 Å². The fourth-order valence-corrected chi connectivity index (χ4v) is 2.20. The van der Waals surface area contributed by atoms with Crippen LogP contribution in [0.25, 0.3) is 0 Å². The van der Waals surface area contributed by atoms with E-state index in [1.54, 1.807) is 0 Å². The molecule has 2 atom stereocenters. The highest BCUT2D eigenvalue weighted by atomic mass is 16.5. The predicted molar refractivity (Wildman–Crippen MR) is 67.5 cm³/mol. The van der Waals surface area contributed by atoms with Gasteiger partial charge < -0.3 is 9.84 Å². The molecule has 1 aliphatic heterocycles. The summed E-state index contributed by atoms with van der Waals surface area (Å²) in [5.41, 5.74) is -0.179. The molecule has 0 saturated carbocycles. The lowest BCUT2D eigenvalue weighted by Crippen LogP contribution is -2.43. The summed E-state index contributed by atoms with van der Waals surface area (Å²) in [5.74, 6) is 0.501. The van der Waals surface area contributed by atoms with Gasteiger partial charge in [0.25, 0.3) is 0 Å². The van der Waals surface area contributed by atoms with Crippen molar-refractivity contribution in [3.63, 3.8) is 0 Å². The SMILES string of the molecule is CC(C)C1CC(O)(CCC(C)(C)C)CCO1. The smallest absolute Gasteiger partial charge is 0.0694 e. The van der Waals surface area contributed by atoms with Gasteiger partial charge in [-0.05, 0) is 30.6 Å². The highest BCUT2D eigenvalue weighted by Crippen LogP contribution is 2.35. The second-order valence-corrected chi connectivity index (χ2v) is 6.89. The lowest BCUT2D eigenvalue weighted by atomic mass is 9.78. The second-order valence-electron chi connectivity index (χ2n) is 6.89. The van der Waals surface area contributed by atoms with E-state index < -0.39 is 5.60 Å². The molecule has 0 bridgehead atoms. The Morgan fingerprint density at radius 3 is 2.50 bits per heavy atom. The van der Waals surface area contributed by atoms with Gasteiger partial charge in [-0.1, -0.05) is 34.6 Å². The van der Waals surface area contributed by atoms with Crippen LogP contribution >= 0.6 is 0 Å². The molecule has 1 aliphatic rings. The van der Waals surface area contributed by atoms with E-state index in [4.69, 9.17) is 4.74 Å². The molecule has 1 rings (SSSR count). The quantitative estimate of drug-likeness (QED) is 0.802. The molecule has 0 aromatic rings. The van der Waals surface area contributed by atoms with Gasteiger partial charge in [-0.2, -0.15) is 0 Å². The first-order valence-corrected chi connectivity index (χ1v) is 6.56. The Kier molecular flexibility index (Phi) is 4.42. The summed E-state index contributed by atoms with van der Waals surface area (Å²) in [6, 6.07) is 0. The van der Waals surface area contributed by atoms with Gasteiger partial charge in [0, 0.05) is 13.0 Å². The molecule has 0 aliphatic carbocycles. The van der Waals surface area contributed by atoms with E-state index in [-0.39, 0.29) is 6.10 Å². The first-order valence-electron chi connectivity index (χ1n) is 6.56. The zero-order valence-corrected chi connectivity index (χ0v) is 11.5. The van der Waals surface area contributed by atoms with Crippen LogP contribution in [0.15, 0.2) is 0 Å². The van der Waals surface area contributed by atoms with Crippen LogP contribution in [0.1, 0.15) is 60.3 Å². The molecule has 96 valence electrons. The first-order chi connectivity index (χ1) is 7.22. The molecule has 1 saturated heterocycles. The lowest BCUT2D eigenvalue weighted by molar-refractivity contribution is -0.122. The van der Waals surface area contributed by atoms with Crippen molar-refractivity contribution in [2.24, 2.45) is 11.3 Å². The minimum Gasteiger partial charge on any atom is -0.390 e. The normalized spacial score (nSPS) is 32.1. The molecule has 0 radical (unpaired) electrons. The zero-order chi connectivity index (χ0) is 12.4. The molecule has 1 heterocycles. The minimum absolute atomic E-state index is 0.235. The van der Waals surface area contributed by atoms with E-state index in [0.717, 1.165) is 25.7 Å². The molecule has 2 heteroatoms. The van der Waals surface area contributed by atoms with Gasteiger partial charge in [0.15, 0.2) is 0 Å². The Morgan fingerprint density at radius 1 is 1.38 bits per heavy atom. The average Bonchev–Trinajstić information content (AvgIpc) is 2.14. The van der Waals surface area contributed by atoms with Crippen LogP contribution < -0.4 is 0 Å². The fourth-order valence-electron chi connectivity index (χ4n) is 2.20. The Balaban J connectivity index is 2.49. The molecule has 0 aromatic heterocycles. The van der Waals surface area contributed by atoms with Crippen LogP contribution in [-0.4, -0.2) is 23.4 Å². The predicted octanol–water partition coefficient (Wildman–Crippen LogP) is 3.38. The van der Waals surface area contributed by atoms with Crippen molar-refractivity contribution in [1.82, 2.24) is 0 Å². The fraction of sp³-hybridized carbons (Fsp3) is 1.00. The summed E-state index contributed by atoms with van der Waals surface area (Å²) in [5, 5.41) is 10.6. The maximum absolute atomic E-state index is 10.6. The molecular formula is C14H28O2. The van der Waals surface area contributed by atoms with Gasteiger partial charge >= 0.3 is 0 Å². The molecule has 2 nitrogen and oxygen atoms in total. The third-order valence-corrected chi connectivity index (χ3v) is 3.56.